The van der Waals surface area contributed by atoms with Gasteiger partial charge in [0.05, 0.1) is 79.6 Å². The zero-order chi connectivity index (χ0) is 48.4. The van der Waals surface area contributed by atoms with Gasteiger partial charge >= 0.3 is 11.9 Å². The van der Waals surface area contributed by atoms with Crippen LogP contribution in [0.5, 0.6) is 0 Å². The van der Waals surface area contributed by atoms with E-state index < -0.39 is 147 Å². The van der Waals surface area contributed by atoms with Crippen molar-refractivity contribution >= 4 is 11.9 Å². The molecular formula is C47H73NO17. The molecule has 0 aromatic rings. The maximum Gasteiger partial charge on any atom is 0.311 e. The molecule has 65 heavy (non-hydrogen) atoms. The number of hydrogen-bond acceptors (Lipinski definition) is 17. The highest BCUT2D eigenvalue weighted by Crippen LogP contribution is 2.38. The van der Waals surface area contributed by atoms with Crippen molar-refractivity contribution in [2.45, 2.75) is 177 Å². The van der Waals surface area contributed by atoms with Crippen LogP contribution in [0.3, 0.4) is 0 Å². The summed E-state index contributed by atoms with van der Waals surface area (Å²) in [4.78, 5) is 25.1. The molecule has 13 N–H and O–H groups in total. The van der Waals surface area contributed by atoms with Gasteiger partial charge in [0.1, 0.15) is 18.1 Å². The molecule has 3 aliphatic heterocycles. The number of carboxylic acids is 1. The van der Waals surface area contributed by atoms with Crippen molar-refractivity contribution in [1.29, 1.82) is 0 Å². The van der Waals surface area contributed by atoms with Gasteiger partial charge in [-0.1, -0.05) is 98.9 Å². The maximum absolute atomic E-state index is 12.6. The molecule has 0 aliphatic carbocycles. The van der Waals surface area contributed by atoms with Gasteiger partial charge in [-0.25, -0.2) is 0 Å². The third kappa shape index (κ3) is 18.6. The quantitative estimate of drug-likeness (QED) is 0.174. The largest absolute Gasteiger partial charge is 0.481 e. The summed E-state index contributed by atoms with van der Waals surface area (Å²) >= 11 is 0. The van der Waals surface area contributed by atoms with Crippen molar-refractivity contribution in [2.75, 3.05) is 0 Å². The second kappa shape index (κ2) is 27.4. The Morgan fingerprint density at radius 2 is 1.23 bits per heavy atom. The van der Waals surface area contributed by atoms with Crippen LogP contribution in [0.2, 0.25) is 0 Å². The van der Waals surface area contributed by atoms with E-state index in [0.717, 1.165) is 0 Å². The highest BCUT2D eigenvalue weighted by atomic mass is 16.7. The highest BCUT2D eigenvalue weighted by molar-refractivity contribution is 5.71. The topological polar surface area (TPSA) is 320 Å². The molecule has 0 saturated carbocycles. The number of aliphatic hydroxyl groups excluding tert-OH is 9. The van der Waals surface area contributed by atoms with E-state index in [1.807, 2.05) is 19.1 Å². The molecule has 368 valence electrons. The Bertz CT molecular complexity index is 1670. The van der Waals surface area contributed by atoms with Crippen LogP contribution in [0.1, 0.15) is 79.1 Å². The van der Waals surface area contributed by atoms with Crippen molar-refractivity contribution in [2.24, 2.45) is 23.5 Å². The molecule has 19 atom stereocenters. The predicted molar refractivity (Wildman–Crippen MR) is 237 cm³/mol. The number of esters is 1. The first-order valence-electron chi connectivity index (χ1n) is 22.3. The van der Waals surface area contributed by atoms with Gasteiger partial charge in [0.15, 0.2) is 12.1 Å². The Morgan fingerprint density at radius 3 is 1.82 bits per heavy atom. The molecule has 3 heterocycles. The predicted octanol–water partition coefficient (Wildman–Crippen LogP) is 0.712. The van der Waals surface area contributed by atoms with Crippen LogP contribution in [-0.2, 0) is 28.5 Å². The van der Waals surface area contributed by atoms with E-state index in [2.05, 4.69) is 0 Å². The van der Waals surface area contributed by atoms with Gasteiger partial charge in [-0.3, -0.25) is 9.59 Å². The monoisotopic (exact) mass is 923 g/mol. The maximum atomic E-state index is 12.6. The minimum absolute atomic E-state index is 0.107. The van der Waals surface area contributed by atoms with E-state index in [-0.39, 0.29) is 31.6 Å². The Morgan fingerprint density at radius 1 is 0.662 bits per heavy atom. The lowest BCUT2D eigenvalue weighted by atomic mass is 9.82. The Hall–Kier alpha value is -3.44. The molecule has 0 spiro atoms. The van der Waals surface area contributed by atoms with Crippen LogP contribution in [0.25, 0.3) is 0 Å². The molecule has 18 heteroatoms. The number of carbonyl (C=O) groups excluding carboxylic acids is 1. The van der Waals surface area contributed by atoms with Crippen LogP contribution in [-0.4, -0.2) is 166 Å². The number of carboxylic acid groups (broad SMARTS) is 1. The van der Waals surface area contributed by atoms with Gasteiger partial charge in [0.25, 0.3) is 0 Å². The Kier molecular flexibility index (Phi) is 23.6. The fraction of sp³-hybridized carbons (Fsp3) is 0.660. The van der Waals surface area contributed by atoms with Crippen molar-refractivity contribution in [3.63, 3.8) is 0 Å². The molecule has 0 radical (unpaired) electrons. The lowest BCUT2D eigenvalue weighted by molar-refractivity contribution is -0.308. The van der Waals surface area contributed by atoms with Crippen molar-refractivity contribution < 1.29 is 84.7 Å². The third-order valence-corrected chi connectivity index (χ3v) is 12.0. The Labute approximate surface area is 381 Å². The molecule has 0 amide bonds. The van der Waals surface area contributed by atoms with Crippen molar-refractivity contribution in [1.82, 2.24) is 0 Å². The third-order valence-electron chi connectivity index (χ3n) is 12.0. The first-order valence-corrected chi connectivity index (χ1v) is 22.3. The molecule has 3 aliphatic rings. The molecule has 0 aromatic carbocycles. The number of cyclic esters (lactones) is 1. The first-order chi connectivity index (χ1) is 30.6. The SMILES string of the molecule is C[C@@H]1[C@H](O)[C@@H](C)/C=C/C=C/C=C/C=C/C=C/C=C/C=C/[C@H](O[C@@H]2O[C@H](C)[C@@H](O)[C@H](N)[C@@H]2O)C[C@@H]2O[C@](O)(C[C@H](O)C[C@H](O)[C@@H](O)CC[C@H](O)C[C@H](O)CC(=O)O[C@H]1C)C[C@H](O)[C@H]2C(=O)O. The summed E-state index contributed by atoms with van der Waals surface area (Å²) in [6.45, 7) is 6.74. The number of rotatable bonds is 3. The van der Waals surface area contributed by atoms with Crippen LogP contribution < -0.4 is 5.73 Å². The van der Waals surface area contributed by atoms with E-state index in [1.54, 1.807) is 80.7 Å². The average molecular weight is 924 g/mol. The normalized spacial score (nSPS) is 45.5. The second-order valence-electron chi connectivity index (χ2n) is 17.6. The Balaban J connectivity index is 1.86. The van der Waals surface area contributed by atoms with Gasteiger partial charge in [-0.2, -0.15) is 0 Å². The number of nitrogens with two attached hydrogens (primary N) is 1. The first kappa shape index (κ1) is 55.9. The van der Waals surface area contributed by atoms with Gasteiger partial charge in [-0.05, 0) is 33.1 Å². The fourth-order valence-electron chi connectivity index (χ4n) is 7.97. The molecule has 3 rings (SSSR count). The minimum atomic E-state index is -2.33. The number of aliphatic hydroxyl groups is 10. The van der Waals surface area contributed by atoms with Gasteiger partial charge < -0.3 is 80.9 Å². The number of carbonyl (C=O) groups is 2. The molecule has 0 aromatic heterocycles. The van der Waals surface area contributed by atoms with Gasteiger partial charge in [0.2, 0.25) is 0 Å². The highest BCUT2D eigenvalue weighted by Gasteiger charge is 2.51. The lowest BCUT2D eigenvalue weighted by Gasteiger charge is -2.45. The van der Waals surface area contributed by atoms with Crippen LogP contribution in [0, 0.1) is 17.8 Å². The second-order valence-corrected chi connectivity index (χ2v) is 17.6. The zero-order valence-electron chi connectivity index (χ0n) is 37.6. The summed E-state index contributed by atoms with van der Waals surface area (Å²) in [5.41, 5.74) is 6.02. The molecule has 2 bridgehead atoms. The number of hydrogen-bond donors (Lipinski definition) is 12. The van der Waals surface area contributed by atoms with E-state index in [4.69, 9.17) is 24.7 Å². The smallest absolute Gasteiger partial charge is 0.311 e. The molecule has 18 nitrogen and oxygen atoms in total. The summed E-state index contributed by atoms with van der Waals surface area (Å²) in [5.74, 6) is -6.83. The zero-order valence-corrected chi connectivity index (χ0v) is 37.6. The van der Waals surface area contributed by atoms with Crippen LogP contribution in [0.4, 0.5) is 0 Å². The molecule has 2 saturated heterocycles. The summed E-state index contributed by atoms with van der Waals surface area (Å²) in [5, 5.41) is 118. The summed E-state index contributed by atoms with van der Waals surface area (Å²) in [6.07, 6.45) is 3.46. The van der Waals surface area contributed by atoms with E-state index in [0.29, 0.717) is 0 Å². The van der Waals surface area contributed by atoms with Crippen LogP contribution >= 0.6 is 0 Å². The van der Waals surface area contributed by atoms with Gasteiger partial charge in [0, 0.05) is 37.5 Å². The standard InChI is InChI=1S/C47H73NO17/c1-27-17-15-13-11-9-7-5-6-8-10-12-14-16-18-34(64-46-44(58)41(48)43(57)30(4)63-46)24-38-40(45(59)60)37(54)26-47(61,65-38)25-33(51)22-36(53)35(52)20-19-31(49)21-32(50)23-39(55)62-29(3)28(2)42(27)56/h5-18,27-38,40-44,46,49-54,56-58,61H,19-26,48H2,1-4H3,(H,59,60)/b6-5+,9-7+,10-8+,13-11+,14-12+,17-15+,18-16+/t27-,28-,29-,30+,31-,32-,33+,34-,35-,36-,37-,38-,40+,41-,42+,43+,44-,46-,47+/m0/s1. The van der Waals surface area contributed by atoms with E-state index in [1.165, 1.54) is 13.0 Å². The van der Waals surface area contributed by atoms with Gasteiger partial charge in [-0.15, -0.1) is 0 Å². The van der Waals surface area contributed by atoms with E-state index in [9.17, 15) is 65.8 Å². The number of fused-ring (bicyclic) bond motifs is 2. The molecule has 0 unspecified atom stereocenters. The van der Waals surface area contributed by atoms with Crippen molar-refractivity contribution in [3.05, 3.63) is 85.1 Å². The number of ether oxygens (including phenoxy) is 4. The lowest BCUT2D eigenvalue weighted by Crippen LogP contribution is -2.61. The summed E-state index contributed by atoms with van der Waals surface area (Å²) in [6, 6.07) is -1.15. The minimum Gasteiger partial charge on any atom is -0.481 e. The number of aliphatic carboxylic acids is 1. The average Bonchev–Trinajstić information content (AvgIpc) is 3.21. The summed E-state index contributed by atoms with van der Waals surface area (Å²) < 4.78 is 23.1. The number of allylic oxidation sites excluding steroid dienone is 12. The molecule has 2 fully saturated rings. The fourth-order valence-corrected chi connectivity index (χ4v) is 7.97. The molecular weight excluding hydrogens is 851 g/mol. The van der Waals surface area contributed by atoms with Crippen LogP contribution in [0.15, 0.2) is 85.1 Å². The summed E-state index contributed by atoms with van der Waals surface area (Å²) in [7, 11) is 0. The van der Waals surface area contributed by atoms with Crippen molar-refractivity contribution in [3.8, 4) is 0 Å². The van der Waals surface area contributed by atoms with E-state index >= 15 is 0 Å².